The van der Waals surface area contributed by atoms with Gasteiger partial charge in [-0.2, -0.15) is 0 Å². The Morgan fingerprint density at radius 3 is 2.50 bits per heavy atom. The number of nitro groups is 1. The van der Waals surface area contributed by atoms with Gasteiger partial charge in [-0.05, 0) is 17.7 Å². The minimum atomic E-state index is -0.462. The average molecular weight is 356 g/mol. The van der Waals surface area contributed by atoms with Crippen molar-refractivity contribution in [2.45, 2.75) is 6.54 Å². The van der Waals surface area contributed by atoms with E-state index in [9.17, 15) is 14.9 Å². The zero-order valence-corrected chi connectivity index (χ0v) is 14.0. The zero-order valence-electron chi connectivity index (χ0n) is 12.4. The van der Waals surface area contributed by atoms with E-state index >= 15 is 0 Å². The molecule has 2 aromatic rings. The molecule has 1 aliphatic rings. The Labute approximate surface area is 148 Å². The van der Waals surface area contributed by atoms with E-state index in [-0.39, 0.29) is 11.6 Å². The van der Waals surface area contributed by atoms with E-state index in [1.807, 2.05) is 30.3 Å². The summed E-state index contributed by atoms with van der Waals surface area (Å²) in [7, 11) is 0. The Bertz CT molecular complexity index is 850. The van der Waals surface area contributed by atoms with Crippen molar-refractivity contribution in [3.8, 4) is 0 Å². The average Bonchev–Trinajstić information content (AvgIpc) is 2.84. The molecule has 1 saturated heterocycles. The minimum absolute atomic E-state index is 0.0363. The van der Waals surface area contributed by atoms with Crippen LogP contribution in [0.3, 0.4) is 0 Å². The van der Waals surface area contributed by atoms with Crippen molar-refractivity contribution in [1.29, 1.82) is 0 Å². The molecule has 1 fully saturated rings. The first-order valence-corrected chi connectivity index (χ1v) is 8.31. The lowest BCUT2D eigenvalue weighted by Crippen LogP contribution is -2.27. The fraction of sp³-hybridized carbons (Fsp3) is 0.0588. The molecule has 0 saturated carbocycles. The maximum absolute atomic E-state index is 12.6. The van der Waals surface area contributed by atoms with Crippen molar-refractivity contribution in [2.24, 2.45) is 0 Å². The van der Waals surface area contributed by atoms with Crippen LogP contribution in [0, 0.1) is 10.1 Å². The van der Waals surface area contributed by atoms with Crippen LogP contribution in [0.2, 0.25) is 0 Å². The smallest absolute Gasteiger partial charge is 0.276 e. The summed E-state index contributed by atoms with van der Waals surface area (Å²) in [5.41, 5.74) is 1.33. The number of benzene rings is 2. The molecule has 0 aromatic heterocycles. The van der Waals surface area contributed by atoms with E-state index < -0.39 is 4.92 Å². The number of thiocarbonyl (C=S) groups is 1. The molecule has 7 heteroatoms. The predicted octanol–water partition coefficient (Wildman–Crippen LogP) is 4.00. The van der Waals surface area contributed by atoms with Gasteiger partial charge in [-0.15, -0.1) is 0 Å². The van der Waals surface area contributed by atoms with Gasteiger partial charge >= 0.3 is 0 Å². The highest BCUT2D eigenvalue weighted by Crippen LogP contribution is 2.34. The third-order valence-corrected chi connectivity index (χ3v) is 4.85. The van der Waals surface area contributed by atoms with Crippen LogP contribution >= 0.6 is 24.0 Å². The number of nitrogens with zero attached hydrogens (tertiary/aromatic N) is 2. The second kappa shape index (κ2) is 6.94. The van der Waals surface area contributed by atoms with E-state index in [0.717, 1.165) is 17.3 Å². The minimum Gasteiger partial charge on any atom is -0.288 e. The van der Waals surface area contributed by atoms with Crippen LogP contribution in [-0.2, 0) is 11.3 Å². The highest BCUT2D eigenvalue weighted by Gasteiger charge is 2.32. The topological polar surface area (TPSA) is 63.4 Å². The quantitative estimate of drug-likeness (QED) is 0.359. The number of nitro benzene ring substituents is 1. The summed E-state index contributed by atoms with van der Waals surface area (Å²) in [6.07, 6.45) is 1.53. The summed E-state index contributed by atoms with van der Waals surface area (Å²) in [5.74, 6) is -0.230. The molecule has 1 heterocycles. The SMILES string of the molecule is O=C1C(=Cc2ccccc2[N+](=O)[O-])SC(=S)N1Cc1ccccc1. The Morgan fingerprint density at radius 2 is 1.79 bits per heavy atom. The van der Waals surface area contributed by atoms with Crippen LogP contribution in [0.1, 0.15) is 11.1 Å². The highest BCUT2D eigenvalue weighted by atomic mass is 32.2. The predicted molar refractivity (Wildman–Crippen MR) is 98.3 cm³/mol. The molecule has 0 N–H and O–H groups in total. The molecule has 0 radical (unpaired) electrons. The molecular formula is C17H12N2O3S2. The molecule has 120 valence electrons. The fourth-order valence-corrected chi connectivity index (χ4v) is 3.57. The first kappa shape index (κ1) is 16.4. The summed E-state index contributed by atoms with van der Waals surface area (Å²) in [6.45, 7) is 0.389. The van der Waals surface area contributed by atoms with Crippen LogP contribution in [-0.4, -0.2) is 20.1 Å². The third-order valence-electron chi connectivity index (χ3n) is 3.48. The Morgan fingerprint density at radius 1 is 1.12 bits per heavy atom. The van der Waals surface area contributed by atoms with Gasteiger partial charge in [0.1, 0.15) is 4.32 Å². The summed E-state index contributed by atoms with van der Waals surface area (Å²) in [4.78, 5) is 25.1. The lowest BCUT2D eigenvalue weighted by molar-refractivity contribution is -0.385. The van der Waals surface area contributed by atoms with Crippen LogP contribution in [0.25, 0.3) is 6.08 Å². The van der Waals surface area contributed by atoms with Gasteiger partial charge < -0.3 is 0 Å². The molecule has 0 aliphatic carbocycles. The normalized spacial score (nSPS) is 16.0. The summed E-state index contributed by atoms with van der Waals surface area (Å²) >= 11 is 6.45. The van der Waals surface area contributed by atoms with E-state index in [2.05, 4.69) is 0 Å². The largest absolute Gasteiger partial charge is 0.288 e. The Balaban J connectivity index is 1.88. The molecule has 5 nitrogen and oxygen atoms in total. The van der Waals surface area contributed by atoms with E-state index in [0.29, 0.717) is 21.3 Å². The molecule has 0 unspecified atom stereocenters. The molecule has 1 aliphatic heterocycles. The number of carbonyl (C=O) groups excluding carboxylic acids is 1. The number of carbonyl (C=O) groups is 1. The molecule has 3 rings (SSSR count). The second-order valence-corrected chi connectivity index (χ2v) is 6.75. The monoisotopic (exact) mass is 356 g/mol. The maximum Gasteiger partial charge on any atom is 0.276 e. The van der Waals surface area contributed by atoms with Crippen molar-refractivity contribution < 1.29 is 9.72 Å². The Kier molecular flexibility index (Phi) is 4.73. The van der Waals surface area contributed by atoms with Crippen LogP contribution in [0.4, 0.5) is 5.69 Å². The standard InChI is InChI=1S/C17H12N2O3S2/c20-16-15(10-13-8-4-5-9-14(13)19(21)22)24-17(23)18(16)11-12-6-2-1-3-7-12/h1-10H,11H2. The van der Waals surface area contributed by atoms with Gasteiger partial charge in [-0.3, -0.25) is 19.8 Å². The lowest BCUT2D eigenvalue weighted by Gasteiger charge is -2.14. The highest BCUT2D eigenvalue weighted by molar-refractivity contribution is 8.26. The van der Waals surface area contributed by atoms with E-state index in [1.165, 1.54) is 17.0 Å². The van der Waals surface area contributed by atoms with E-state index in [1.54, 1.807) is 18.2 Å². The van der Waals surface area contributed by atoms with Crippen molar-refractivity contribution in [2.75, 3.05) is 0 Å². The van der Waals surface area contributed by atoms with Gasteiger partial charge in [0, 0.05) is 6.07 Å². The molecule has 0 bridgehead atoms. The summed E-state index contributed by atoms with van der Waals surface area (Å²) in [5, 5.41) is 11.1. The molecule has 2 aromatic carbocycles. The molecular weight excluding hydrogens is 344 g/mol. The van der Waals surface area contributed by atoms with Crippen molar-refractivity contribution in [1.82, 2.24) is 4.90 Å². The zero-order chi connectivity index (χ0) is 17.1. The Hall–Kier alpha value is -2.51. The van der Waals surface area contributed by atoms with Crippen LogP contribution in [0.15, 0.2) is 59.5 Å². The third kappa shape index (κ3) is 3.37. The first-order chi connectivity index (χ1) is 11.6. The summed E-state index contributed by atoms with van der Waals surface area (Å²) in [6, 6.07) is 15.9. The maximum atomic E-state index is 12.6. The number of amides is 1. The number of hydrogen-bond acceptors (Lipinski definition) is 5. The van der Waals surface area contributed by atoms with Gasteiger partial charge in [0.15, 0.2) is 0 Å². The van der Waals surface area contributed by atoms with Gasteiger partial charge in [0.25, 0.3) is 11.6 Å². The number of rotatable bonds is 4. The second-order valence-electron chi connectivity index (χ2n) is 5.07. The van der Waals surface area contributed by atoms with Gasteiger partial charge in [0.2, 0.25) is 0 Å². The van der Waals surface area contributed by atoms with Gasteiger partial charge in [-0.25, -0.2) is 0 Å². The van der Waals surface area contributed by atoms with E-state index in [4.69, 9.17) is 12.2 Å². The lowest BCUT2D eigenvalue weighted by atomic mass is 10.1. The molecule has 0 spiro atoms. The van der Waals surface area contributed by atoms with Crippen molar-refractivity contribution in [3.05, 3.63) is 80.7 Å². The molecule has 24 heavy (non-hydrogen) atoms. The fourth-order valence-electron chi connectivity index (χ4n) is 2.32. The van der Waals surface area contributed by atoms with Crippen molar-refractivity contribution >= 4 is 46.0 Å². The number of para-hydroxylation sites is 1. The van der Waals surface area contributed by atoms with Crippen molar-refractivity contribution in [3.63, 3.8) is 0 Å². The number of thioether (sulfide) groups is 1. The first-order valence-electron chi connectivity index (χ1n) is 7.09. The molecule has 1 amide bonds. The van der Waals surface area contributed by atoms with Gasteiger partial charge in [0.05, 0.1) is 21.9 Å². The summed E-state index contributed by atoms with van der Waals surface area (Å²) < 4.78 is 0.452. The van der Waals surface area contributed by atoms with Crippen LogP contribution in [0.5, 0.6) is 0 Å². The van der Waals surface area contributed by atoms with Gasteiger partial charge in [-0.1, -0.05) is 66.4 Å². The molecule has 0 atom stereocenters. The van der Waals surface area contributed by atoms with Crippen LogP contribution < -0.4 is 0 Å². The number of hydrogen-bond donors (Lipinski definition) is 0.